The Labute approximate surface area is 181 Å². The minimum atomic E-state index is -0.587. The molecule has 1 amide bonds. The number of aromatic nitrogens is 1. The van der Waals surface area contributed by atoms with Crippen molar-refractivity contribution in [2.24, 2.45) is 5.41 Å². The lowest BCUT2D eigenvalue weighted by Crippen LogP contribution is -2.37. The van der Waals surface area contributed by atoms with E-state index in [4.69, 9.17) is 9.47 Å². The van der Waals surface area contributed by atoms with Crippen LogP contribution in [0.4, 0.5) is 0 Å². The first kappa shape index (κ1) is 21.3. The zero-order valence-electron chi connectivity index (χ0n) is 16.6. The molecule has 3 rings (SSSR count). The lowest BCUT2D eigenvalue weighted by molar-refractivity contribution is -0.726. The molecule has 0 saturated heterocycles. The SMILES string of the molecule is CNC(=O)c1cc2c(Oc3ccc(Br)cc3)c[n+](COC(=O)C(C)(C)C)cc2s1. The van der Waals surface area contributed by atoms with Crippen molar-refractivity contribution in [3.8, 4) is 11.5 Å². The molecule has 0 atom stereocenters. The van der Waals surface area contributed by atoms with Crippen molar-refractivity contribution < 1.29 is 23.6 Å². The van der Waals surface area contributed by atoms with E-state index in [1.165, 1.54) is 11.3 Å². The van der Waals surface area contributed by atoms with Crippen LogP contribution < -0.4 is 14.6 Å². The molecule has 0 radical (unpaired) electrons. The number of halogens is 1. The van der Waals surface area contributed by atoms with Crippen LogP contribution in [0.5, 0.6) is 11.5 Å². The number of nitrogens with one attached hydrogen (secondary N) is 1. The number of carbonyl (C=O) groups excluding carboxylic acids is 2. The third-order valence-corrected chi connectivity index (χ3v) is 5.64. The highest BCUT2D eigenvalue weighted by atomic mass is 79.9. The summed E-state index contributed by atoms with van der Waals surface area (Å²) in [5.74, 6) is 0.777. The van der Waals surface area contributed by atoms with Crippen LogP contribution >= 0.6 is 27.3 Å². The summed E-state index contributed by atoms with van der Waals surface area (Å²) in [6.45, 7) is 5.47. The highest BCUT2D eigenvalue weighted by Crippen LogP contribution is 2.34. The Bertz CT molecular complexity index is 1050. The van der Waals surface area contributed by atoms with Gasteiger partial charge < -0.3 is 14.8 Å². The fourth-order valence-corrected chi connectivity index (χ4v) is 3.80. The highest BCUT2D eigenvalue weighted by Gasteiger charge is 2.25. The van der Waals surface area contributed by atoms with Crippen molar-refractivity contribution in [1.82, 2.24) is 5.32 Å². The summed E-state index contributed by atoms with van der Waals surface area (Å²) < 4.78 is 15.0. The number of esters is 1. The molecule has 0 saturated carbocycles. The van der Waals surface area contributed by atoms with Gasteiger partial charge in [-0.1, -0.05) is 15.9 Å². The number of rotatable bonds is 5. The van der Waals surface area contributed by atoms with Gasteiger partial charge in [0.2, 0.25) is 6.20 Å². The molecule has 3 aromatic rings. The number of ether oxygens (including phenoxy) is 2. The van der Waals surface area contributed by atoms with E-state index in [2.05, 4.69) is 21.2 Å². The molecule has 1 aromatic carbocycles. The van der Waals surface area contributed by atoms with E-state index < -0.39 is 5.41 Å². The van der Waals surface area contributed by atoms with E-state index in [-0.39, 0.29) is 18.6 Å². The third kappa shape index (κ3) is 5.13. The zero-order chi connectivity index (χ0) is 21.2. The minimum Gasteiger partial charge on any atom is -0.450 e. The quantitative estimate of drug-likeness (QED) is 0.428. The third-order valence-electron chi connectivity index (χ3n) is 4.04. The van der Waals surface area contributed by atoms with Crippen LogP contribution in [0, 0.1) is 5.41 Å². The summed E-state index contributed by atoms with van der Waals surface area (Å²) in [6.07, 6.45) is 3.61. The van der Waals surface area contributed by atoms with Gasteiger partial charge in [0.1, 0.15) is 10.4 Å². The van der Waals surface area contributed by atoms with Crippen LogP contribution in [0.15, 0.2) is 47.2 Å². The number of amides is 1. The van der Waals surface area contributed by atoms with Gasteiger partial charge in [0.05, 0.1) is 10.3 Å². The predicted molar refractivity (Wildman–Crippen MR) is 115 cm³/mol. The average molecular weight is 478 g/mol. The summed E-state index contributed by atoms with van der Waals surface area (Å²) >= 11 is 4.76. The molecule has 29 heavy (non-hydrogen) atoms. The first-order valence-corrected chi connectivity index (χ1v) is 10.6. The fourth-order valence-electron chi connectivity index (χ4n) is 2.47. The molecule has 152 valence electrons. The molecular weight excluding hydrogens is 456 g/mol. The number of thiophene rings is 1. The number of benzene rings is 1. The van der Waals surface area contributed by atoms with Crippen LogP contribution in [-0.2, 0) is 16.3 Å². The molecule has 0 bridgehead atoms. The Hall–Kier alpha value is -2.45. The topological polar surface area (TPSA) is 68.5 Å². The van der Waals surface area contributed by atoms with Crippen molar-refractivity contribution in [1.29, 1.82) is 0 Å². The Balaban J connectivity index is 1.98. The van der Waals surface area contributed by atoms with Gasteiger partial charge in [-0.3, -0.25) is 9.59 Å². The van der Waals surface area contributed by atoms with Gasteiger partial charge >= 0.3 is 5.97 Å². The number of hydrogen-bond acceptors (Lipinski definition) is 5. The molecule has 2 aromatic heterocycles. The number of carbonyl (C=O) groups is 2. The van der Waals surface area contributed by atoms with E-state index in [1.807, 2.05) is 30.5 Å². The predicted octanol–water partition coefficient (Wildman–Crippen LogP) is 4.65. The van der Waals surface area contributed by atoms with E-state index in [0.29, 0.717) is 16.4 Å². The van der Waals surface area contributed by atoms with Gasteiger partial charge in [0, 0.05) is 16.9 Å². The van der Waals surface area contributed by atoms with Crippen molar-refractivity contribution >= 4 is 49.2 Å². The molecule has 8 heteroatoms. The van der Waals surface area contributed by atoms with Crippen molar-refractivity contribution in [2.45, 2.75) is 27.5 Å². The first-order valence-electron chi connectivity index (χ1n) is 8.97. The highest BCUT2D eigenvalue weighted by molar-refractivity contribution is 9.10. The first-order chi connectivity index (χ1) is 13.7. The maximum Gasteiger partial charge on any atom is 0.316 e. The van der Waals surface area contributed by atoms with Crippen LogP contribution in [-0.4, -0.2) is 18.9 Å². The fraction of sp³-hybridized carbons (Fsp3) is 0.286. The molecule has 0 fully saturated rings. The molecule has 2 heterocycles. The summed E-state index contributed by atoms with van der Waals surface area (Å²) in [4.78, 5) is 24.8. The summed E-state index contributed by atoms with van der Waals surface area (Å²) in [6, 6.07) is 9.27. The molecule has 0 aliphatic carbocycles. The summed E-state index contributed by atoms with van der Waals surface area (Å²) in [5.41, 5.74) is -0.587. The lowest BCUT2D eigenvalue weighted by Gasteiger charge is -2.14. The Morgan fingerprint density at radius 1 is 1.17 bits per heavy atom. The summed E-state index contributed by atoms with van der Waals surface area (Å²) in [5, 5.41) is 3.45. The monoisotopic (exact) mass is 477 g/mol. The van der Waals surface area contributed by atoms with E-state index >= 15 is 0 Å². The molecule has 0 spiro atoms. The maximum absolute atomic E-state index is 12.1. The lowest BCUT2D eigenvalue weighted by atomic mass is 9.98. The van der Waals surface area contributed by atoms with Crippen molar-refractivity contribution in [2.75, 3.05) is 7.05 Å². The molecule has 0 unspecified atom stereocenters. The second-order valence-electron chi connectivity index (χ2n) is 7.47. The van der Waals surface area contributed by atoms with Crippen LogP contribution in [0.2, 0.25) is 0 Å². The van der Waals surface area contributed by atoms with E-state index in [0.717, 1.165) is 14.6 Å². The largest absolute Gasteiger partial charge is 0.450 e. The molecule has 6 nitrogen and oxygen atoms in total. The number of hydrogen-bond donors (Lipinski definition) is 1. The van der Waals surface area contributed by atoms with Gasteiger partial charge in [-0.15, -0.1) is 11.3 Å². The summed E-state index contributed by atoms with van der Waals surface area (Å²) in [7, 11) is 1.60. The minimum absolute atomic E-state index is 0.0515. The van der Waals surface area contributed by atoms with Crippen LogP contribution in [0.3, 0.4) is 0 Å². The van der Waals surface area contributed by atoms with Crippen LogP contribution in [0.1, 0.15) is 30.4 Å². The van der Waals surface area contributed by atoms with E-state index in [9.17, 15) is 9.59 Å². The van der Waals surface area contributed by atoms with Gasteiger partial charge in [0.15, 0.2) is 11.9 Å². The van der Waals surface area contributed by atoms with E-state index in [1.54, 1.807) is 44.6 Å². The second-order valence-corrected chi connectivity index (χ2v) is 9.47. The number of nitrogens with zero attached hydrogens (tertiary/aromatic N) is 1. The molecule has 0 aliphatic rings. The normalized spacial score (nSPS) is 11.3. The maximum atomic E-state index is 12.1. The molecule has 0 aliphatic heterocycles. The molecular formula is C21H22BrN2O4S+. The van der Waals surface area contributed by atoms with Crippen molar-refractivity contribution in [3.63, 3.8) is 0 Å². The number of pyridine rings is 1. The average Bonchev–Trinajstić information content (AvgIpc) is 3.11. The zero-order valence-corrected chi connectivity index (χ0v) is 19.0. The van der Waals surface area contributed by atoms with Gasteiger partial charge in [-0.2, -0.15) is 4.57 Å². The van der Waals surface area contributed by atoms with Gasteiger partial charge in [-0.25, -0.2) is 0 Å². The van der Waals surface area contributed by atoms with Crippen LogP contribution in [0.25, 0.3) is 10.1 Å². The second kappa shape index (κ2) is 8.51. The Kier molecular flexibility index (Phi) is 6.24. The Morgan fingerprint density at radius 2 is 1.86 bits per heavy atom. The Morgan fingerprint density at radius 3 is 2.48 bits per heavy atom. The van der Waals surface area contributed by atoms with Gasteiger partial charge in [0.25, 0.3) is 12.6 Å². The van der Waals surface area contributed by atoms with Crippen molar-refractivity contribution in [3.05, 3.63) is 52.1 Å². The van der Waals surface area contributed by atoms with Gasteiger partial charge in [-0.05, 0) is 51.1 Å². The smallest absolute Gasteiger partial charge is 0.316 e. The molecule has 1 N–H and O–H groups in total. The standard InChI is InChI=1S/C21H21BrN2O4S/c1-21(2,3)20(26)27-12-24-10-16(28-14-7-5-13(22)6-8-14)15-9-17(19(25)23-4)29-18(15)11-24/h5-11H,12H2,1-4H3/p+1. The number of fused-ring (bicyclic) bond motifs is 1.